The third kappa shape index (κ3) is 4.80. The standard InChI is InChI=1S/C28H43N5O3/c1-30(2)28(23-6-4-3-5-7-23)14-12-27(13-15-28)20-32(26(36)33(27)18-21-8-9-21)19-24(34)31-16-10-22(11-17-31)25(29)35/h3-7,21-22,26,36H,8-20H2,1-2H3,(H2,29,35). The van der Waals surface area contributed by atoms with E-state index in [0.717, 1.165) is 38.8 Å². The second kappa shape index (κ2) is 10.0. The molecular formula is C28H43N5O3. The Morgan fingerprint density at radius 1 is 1.03 bits per heavy atom. The van der Waals surface area contributed by atoms with Crippen molar-refractivity contribution in [1.29, 1.82) is 0 Å². The van der Waals surface area contributed by atoms with Gasteiger partial charge in [0, 0.05) is 43.2 Å². The minimum absolute atomic E-state index is 0.00325. The Hall–Kier alpha value is -2.00. The number of nitrogens with zero attached hydrogens (tertiary/aromatic N) is 4. The van der Waals surface area contributed by atoms with Gasteiger partial charge in [-0.15, -0.1) is 0 Å². The largest absolute Gasteiger partial charge is 0.369 e. The second-order valence-electron chi connectivity index (χ2n) is 11.9. The Bertz CT molecular complexity index is 934. The Labute approximate surface area is 215 Å². The van der Waals surface area contributed by atoms with E-state index in [1.165, 1.54) is 18.4 Å². The molecule has 2 heterocycles. The molecule has 1 aromatic carbocycles. The number of benzene rings is 1. The molecule has 2 aliphatic carbocycles. The smallest absolute Gasteiger partial charge is 0.236 e. The van der Waals surface area contributed by atoms with Crippen LogP contribution in [0.4, 0.5) is 0 Å². The molecule has 0 radical (unpaired) electrons. The van der Waals surface area contributed by atoms with Crippen LogP contribution in [0.1, 0.15) is 56.9 Å². The van der Waals surface area contributed by atoms with Gasteiger partial charge in [0.1, 0.15) is 0 Å². The molecule has 1 spiro atoms. The molecule has 198 valence electrons. The van der Waals surface area contributed by atoms with Gasteiger partial charge in [-0.3, -0.25) is 24.3 Å². The first kappa shape index (κ1) is 25.6. The highest BCUT2D eigenvalue weighted by Gasteiger charge is 2.55. The van der Waals surface area contributed by atoms with Crippen molar-refractivity contribution in [3.8, 4) is 0 Å². The van der Waals surface area contributed by atoms with Crippen LogP contribution in [0.2, 0.25) is 0 Å². The minimum Gasteiger partial charge on any atom is -0.369 e. The van der Waals surface area contributed by atoms with Crippen LogP contribution in [0.3, 0.4) is 0 Å². The molecule has 8 heteroatoms. The van der Waals surface area contributed by atoms with Gasteiger partial charge >= 0.3 is 0 Å². The van der Waals surface area contributed by atoms with Crippen molar-refractivity contribution in [3.63, 3.8) is 0 Å². The van der Waals surface area contributed by atoms with Crippen molar-refractivity contribution >= 4 is 11.8 Å². The lowest BCUT2D eigenvalue weighted by molar-refractivity contribution is -0.141. The molecular weight excluding hydrogens is 454 g/mol. The Morgan fingerprint density at radius 3 is 2.22 bits per heavy atom. The summed E-state index contributed by atoms with van der Waals surface area (Å²) in [5.74, 6) is 0.307. The second-order valence-corrected chi connectivity index (χ2v) is 11.9. The van der Waals surface area contributed by atoms with Gasteiger partial charge in [0.2, 0.25) is 11.8 Å². The number of carbonyl (C=O) groups excluding carboxylic acids is 2. The third-order valence-electron chi connectivity index (χ3n) is 9.63. The average molecular weight is 498 g/mol. The summed E-state index contributed by atoms with van der Waals surface area (Å²) in [6.45, 7) is 2.99. The fraction of sp³-hybridized carbons (Fsp3) is 0.714. The van der Waals surface area contributed by atoms with E-state index < -0.39 is 6.35 Å². The van der Waals surface area contributed by atoms with Crippen molar-refractivity contribution in [2.45, 2.75) is 68.8 Å². The quantitative estimate of drug-likeness (QED) is 0.597. The van der Waals surface area contributed by atoms with Crippen LogP contribution in [-0.4, -0.2) is 95.2 Å². The maximum absolute atomic E-state index is 13.2. The first-order valence-corrected chi connectivity index (χ1v) is 13.7. The van der Waals surface area contributed by atoms with Gasteiger partial charge in [0.25, 0.3) is 0 Å². The topological polar surface area (TPSA) is 93.3 Å². The summed E-state index contributed by atoms with van der Waals surface area (Å²) in [5, 5.41) is 11.5. The third-order valence-corrected chi connectivity index (χ3v) is 9.63. The van der Waals surface area contributed by atoms with Crippen LogP contribution < -0.4 is 5.73 Å². The molecule has 2 amide bonds. The molecule has 4 aliphatic rings. The Balaban J connectivity index is 1.29. The number of amides is 2. The Morgan fingerprint density at radius 2 is 1.67 bits per heavy atom. The first-order chi connectivity index (χ1) is 17.2. The molecule has 36 heavy (non-hydrogen) atoms. The van der Waals surface area contributed by atoms with E-state index in [-0.39, 0.29) is 35.4 Å². The number of aliphatic hydroxyl groups excluding tert-OH is 1. The predicted molar refractivity (Wildman–Crippen MR) is 139 cm³/mol. The molecule has 0 aromatic heterocycles. The SMILES string of the molecule is CN(C)C1(c2ccccc2)CCC2(CC1)CN(CC(=O)N1CCC(C(N)=O)CC1)C(O)N2CC1CC1. The zero-order valence-electron chi connectivity index (χ0n) is 21.9. The summed E-state index contributed by atoms with van der Waals surface area (Å²) in [7, 11) is 4.37. The van der Waals surface area contributed by atoms with Gasteiger partial charge < -0.3 is 15.7 Å². The van der Waals surface area contributed by atoms with Crippen LogP contribution >= 0.6 is 0 Å². The highest BCUT2D eigenvalue weighted by molar-refractivity contribution is 5.80. The maximum Gasteiger partial charge on any atom is 0.236 e. The van der Waals surface area contributed by atoms with Crippen molar-refractivity contribution in [3.05, 3.63) is 35.9 Å². The van der Waals surface area contributed by atoms with Gasteiger partial charge in [0.05, 0.1) is 6.54 Å². The fourth-order valence-electron chi connectivity index (χ4n) is 7.00. The van der Waals surface area contributed by atoms with Crippen LogP contribution in [0.5, 0.6) is 0 Å². The number of aliphatic hydroxyl groups is 1. The molecule has 1 unspecified atom stereocenters. The first-order valence-electron chi connectivity index (χ1n) is 13.7. The summed E-state index contributed by atoms with van der Waals surface area (Å²) < 4.78 is 0. The lowest BCUT2D eigenvalue weighted by atomic mass is 9.68. The van der Waals surface area contributed by atoms with Gasteiger partial charge in [-0.05, 0) is 76.9 Å². The van der Waals surface area contributed by atoms with Gasteiger partial charge in [0.15, 0.2) is 6.35 Å². The van der Waals surface area contributed by atoms with Crippen LogP contribution in [0.15, 0.2) is 30.3 Å². The summed E-state index contributed by atoms with van der Waals surface area (Å²) in [4.78, 5) is 33.3. The van der Waals surface area contributed by atoms with Crippen LogP contribution in [-0.2, 0) is 15.1 Å². The molecule has 2 saturated heterocycles. The Kier molecular flexibility index (Phi) is 7.15. The number of carbonyl (C=O) groups is 2. The number of nitrogens with two attached hydrogens (primary N) is 1. The van der Waals surface area contributed by atoms with Gasteiger partial charge in [-0.1, -0.05) is 30.3 Å². The van der Waals surface area contributed by atoms with E-state index in [1.54, 1.807) is 0 Å². The average Bonchev–Trinajstić information content (AvgIpc) is 3.68. The normalized spacial score (nSPS) is 32.4. The zero-order chi connectivity index (χ0) is 25.5. The summed E-state index contributed by atoms with van der Waals surface area (Å²) in [5.41, 5.74) is 6.72. The molecule has 2 aliphatic heterocycles. The maximum atomic E-state index is 13.2. The van der Waals surface area contributed by atoms with E-state index in [1.807, 2.05) is 9.80 Å². The molecule has 0 bridgehead atoms. The number of hydrogen-bond acceptors (Lipinski definition) is 6. The van der Waals surface area contributed by atoms with E-state index in [0.29, 0.717) is 31.8 Å². The zero-order valence-corrected chi connectivity index (χ0v) is 21.9. The van der Waals surface area contributed by atoms with Crippen LogP contribution in [0, 0.1) is 11.8 Å². The molecule has 1 atom stereocenters. The minimum atomic E-state index is -0.721. The van der Waals surface area contributed by atoms with E-state index in [4.69, 9.17) is 5.73 Å². The van der Waals surface area contributed by atoms with E-state index in [9.17, 15) is 14.7 Å². The number of rotatable bonds is 7. The molecule has 5 rings (SSSR count). The number of likely N-dealkylation sites (tertiary alicyclic amines) is 1. The molecule has 1 aromatic rings. The van der Waals surface area contributed by atoms with Crippen molar-refractivity contribution < 1.29 is 14.7 Å². The molecule has 3 N–H and O–H groups in total. The van der Waals surface area contributed by atoms with Gasteiger partial charge in [-0.25, -0.2) is 0 Å². The lowest BCUT2D eigenvalue weighted by Gasteiger charge is -2.51. The number of primary amides is 1. The van der Waals surface area contributed by atoms with E-state index >= 15 is 0 Å². The highest BCUT2D eigenvalue weighted by atomic mass is 16.3. The number of piperidine rings is 1. The predicted octanol–water partition coefficient (Wildman–Crippen LogP) is 1.78. The molecule has 4 fully saturated rings. The number of hydrogen-bond donors (Lipinski definition) is 2. The van der Waals surface area contributed by atoms with Gasteiger partial charge in [-0.2, -0.15) is 0 Å². The highest BCUT2D eigenvalue weighted by Crippen LogP contribution is 2.50. The van der Waals surface area contributed by atoms with Crippen LogP contribution in [0.25, 0.3) is 0 Å². The fourth-order valence-corrected chi connectivity index (χ4v) is 7.00. The van der Waals surface area contributed by atoms with Crippen molar-refractivity contribution in [2.24, 2.45) is 17.6 Å². The monoisotopic (exact) mass is 497 g/mol. The molecule has 2 saturated carbocycles. The lowest BCUT2D eigenvalue weighted by Crippen LogP contribution is -2.56. The van der Waals surface area contributed by atoms with Crippen molar-refractivity contribution in [2.75, 3.05) is 46.8 Å². The van der Waals surface area contributed by atoms with E-state index in [2.05, 4.69) is 54.2 Å². The summed E-state index contributed by atoms with van der Waals surface area (Å²) in [6.07, 6.45) is 7.07. The summed E-state index contributed by atoms with van der Waals surface area (Å²) >= 11 is 0. The summed E-state index contributed by atoms with van der Waals surface area (Å²) in [6, 6.07) is 10.8. The van der Waals surface area contributed by atoms with Crippen molar-refractivity contribution in [1.82, 2.24) is 19.6 Å². The molecule has 8 nitrogen and oxygen atoms in total.